The fourth-order valence-electron chi connectivity index (χ4n) is 4.14. The van der Waals surface area contributed by atoms with Crippen LogP contribution < -0.4 is 10.2 Å². The normalized spacial score (nSPS) is 16.0. The molecule has 1 aliphatic heterocycles. The lowest BCUT2D eigenvalue weighted by Gasteiger charge is -2.34. The Labute approximate surface area is 218 Å². The number of anilines is 3. The summed E-state index contributed by atoms with van der Waals surface area (Å²) >= 11 is 12.6. The Hall–Kier alpha value is -3.53. The van der Waals surface area contributed by atoms with Crippen LogP contribution in [0.2, 0.25) is 10.0 Å². The van der Waals surface area contributed by atoms with Crippen molar-refractivity contribution in [3.8, 4) is 16.9 Å². The molecule has 0 bridgehead atoms. The van der Waals surface area contributed by atoms with E-state index in [1.807, 2.05) is 43.3 Å². The number of nitrogens with zero attached hydrogens (tertiary/aromatic N) is 7. The van der Waals surface area contributed by atoms with Crippen molar-refractivity contribution < 1.29 is 4.79 Å². The Balaban J connectivity index is 1.31. The average Bonchev–Trinajstić information content (AvgIpc) is 3.36. The van der Waals surface area contributed by atoms with Gasteiger partial charge in [0.1, 0.15) is 0 Å². The summed E-state index contributed by atoms with van der Waals surface area (Å²) in [6, 6.07) is 9.73. The van der Waals surface area contributed by atoms with Gasteiger partial charge in [0.2, 0.25) is 11.9 Å². The van der Waals surface area contributed by atoms with E-state index in [1.54, 1.807) is 41.7 Å². The van der Waals surface area contributed by atoms with Gasteiger partial charge >= 0.3 is 0 Å². The summed E-state index contributed by atoms with van der Waals surface area (Å²) in [5.41, 5.74) is 3.63. The number of piperidine rings is 1. The highest BCUT2D eigenvalue weighted by Gasteiger charge is 2.27. The van der Waals surface area contributed by atoms with Gasteiger partial charge in [-0.05, 0) is 50.8 Å². The number of hydrogen-bond acceptors (Lipinski definition) is 7. The van der Waals surface area contributed by atoms with Gasteiger partial charge in [-0.15, -0.1) is 0 Å². The van der Waals surface area contributed by atoms with Crippen molar-refractivity contribution >= 4 is 46.4 Å². The highest BCUT2D eigenvalue weighted by Crippen LogP contribution is 2.29. The van der Waals surface area contributed by atoms with Crippen LogP contribution in [0.15, 0.2) is 61.3 Å². The number of nitrogens with one attached hydrogen (secondary N) is 1. The van der Waals surface area contributed by atoms with E-state index >= 15 is 0 Å². The van der Waals surface area contributed by atoms with Crippen LogP contribution in [0.1, 0.15) is 12.8 Å². The number of halogens is 2. The summed E-state index contributed by atoms with van der Waals surface area (Å²) in [6.45, 7) is 0.705. The summed E-state index contributed by atoms with van der Waals surface area (Å²) < 4.78 is 1.65. The van der Waals surface area contributed by atoms with Crippen LogP contribution >= 0.6 is 23.2 Å². The molecule has 0 aliphatic carbocycles. The minimum atomic E-state index is 0.139. The third-order valence-corrected chi connectivity index (χ3v) is 6.73. The lowest BCUT2D eigenvalue weighted by molar-refractivity contribution is -0.120. The molecule has 0 saturated carbocycles. The standard InChI is InChI=1S/C25H24Cl2N8O/c1-33(2)19-8-10-34(23(36)11-19)18-5-3-17(4-6-18)31-25-29-14-21(27)24(32-25)16-12-30-35(15-16)22-7-9-28-13-20(22)26/h3-7,9,12-15,19H,8,10-11H2,1-2H3,(H,29,31,32)/t19-/m0/s1. The lowest BCUT2D eigenvalue weighted by atomic mass is 10.0. The van der Waals surface area contributed by atoms with Crippen LogP contribution in [0, 0.1) is 0 Å². The molecule has 1 aromatic carbocycles. The second-order valence-electron chi connectivity index (χ2n) is 8.72. The third kappa shape index (κ3) is 5.04. The van der Waals surface area contributed by atoms with Gasteiger partial charge in [-0.25, -0.2) is 14.6 Å². The molecule has 9 nitrogen and oxygen atoms in total. The molecule has 0 spiro atoms. The molecule has 0 radical (unpaired) electrons. The van der Waals surface area contributed by atoms with Gasteiger partial charge in [0.15, 0.2) is 0 Å². The van der Waals surface area contributed by atoms with Crippen molar-refractivity contribution in [3.05, 3.63) is 71.4 Å². The molecule has 1 amide bonds. The first kappa shape index (κ1) is 24.2. The van der Waals surface area contributed by atoms with Crippen molar-refractivity contribution in [1.82, 2.24) is 29.6 Å². The number of carbonyl (C=O) groups is 1. The molecule has 36 heavy (non-hydrogen) atoms. The Bertz CT molecular complexity index is 1390. The second-order valence-corrected chi connectivity index (χ2v) is 9.53. The maximum absolute atomic E-state index is 12.6. The number of benzene rings is 1. The fraction of sp³-hybridized carbons (Fsp3) is 0.240. The third-order valence-electron chi connectivity index (χ3n) is 6.16. The summed E-state index contributed by atoms with van der Waals surface area (Å²) in [7, 11) is 4.03. The van der Waals surface area contributed by atoms with E-state index in [0.717, 1.165) is 17.8 Å². The zero-order chi connectivity index (χ0) is 25.2. The molecule has 4 aromatic rings. The van der Waals surface area contributed by atoms with Gasteiger partial charge in [0, 0.05) is 54.5 Å². The molecule has 3 aromatic heterocycles. The molecule has 1 aliphatic rings. The maximum atomic E-state index is 12.6. The number of hydrogen-bond donors (Lipinski definition) is 1. The average molecular weight is 523 g/mol. The number of aromatic nitrogens is 5. The number of carbonyl (C=O) groups excluding carboxylic acids is 1. The van der Waals surface area contributed by atoms with Gasteiger partial charge in [-0.2, -0.15) is 5.10 Å². The van der Waals surface area contributed by atoms with Crippen LogP contribution in [-0.2, 0) is 4.79 Å². The number of amides is 1. The van der Waals surface area contributed by atoms with E-state index in [2.05, 4.69) is 30.3 Å². The summed E-state index contributed by atoms with van der Waals surface area (Å²) in [5.74, 6) is 0.527. The Morgan fingerprint density at radius 3 is 2.58 bits per heavy atom. The van der Waals surface area contributed by atoms with E-state index in [-0.39, 0.29) is 5.91 Å². The van der Waals surface area contributed by atoms with Crippen molar-refractivity contribution in [1.29, 1.82) is 0 Å². The molecule has 4 heterocycles. The Kier molecular flexibility index (Phi) is 6.86. The molecular weight excluding hydrogens is 499 g/mol. The van der Waals surface area contributed by atoms with Crippen LogP contribution in [-0.4, -0.2) is 62.2 Å². The molecule has 184 valence electrons. The van der Waals surface area contributed by atoms with Crippen molar-refractivity contribution in [2.75, 3.05) is 30.9 Å². The van der Waals surface area contributed by atoms with Gasteiger partial charge in [-0.1, -0.05) is 23.2 Å². The van der Waals surface area contributed by atoms with Crippen LogP contribution in [0.4, 0.5) is 17.3 Å². The van der Waals surface area contributed by atoms with Crippen LogP contribution in [0.5, 0.6) is 0 Å². The highest BCUT2D eigenvalue weighted by atomic mass is 35.5. The quantitative estimate of drug-likeness (QED) is 0.387. The number of pyridine rings is 1. The van der Waals surface area contributed by atoms with Crippen LogP contribution in [0.3, 0.4) is 0 Å². The minimum Gasteiger partial charge on any atom is -0.324 e. The van der Waals surface area contributed by atoms with Gasteiger partial charge < -0.3 is 15.1 Å². The van der Waals surface area contributed by atoms with E-state index in [0.29, 0.717) is 51.9 Å². The molecule has 1 atom stereocenters. The summed E-state index contributed by atoms with van der Waals surface area (Å²) in [6.07, 6.45) is 9.69. The second kappa shape index (κ2) is 10.2. The molecule has 1 saturated heterocycles. The van der Waals surface area contributed by atoms with Crippen molar-refractivity contribution in [2.45, 2.75) is 18.9 Å². The summed E-state index contributed by atoms with van der Waals surface area (Å²) in [4.78, 5) is 29.5. The van der Waals surface area contributed by atoms with E-state index in [1.165, 1.54) is 0 Å². The molecule has 0 unspecified atom stereocenters. The highest BCUT2D eigenvalue weighted by molar-refractivity contribution is 6.33. The topological polar surface area (TPSA) is 92.1 Å². The van der Waals surface area contributed by atoms with Gasteiger partial charge in [-0.3, -0.25) is 9.78 Å². The molecule has 5 rings (SSSR count). The lowest BCUT2D eigenvalue weighted by Crippen LogP contribution is -2.45. The SMILES string of the molecule is CN(C)[C@H]1CCN(c2ccc(Nc3ncc(Cl)c(-c4cnn(-c5ccncc5Cl)c4)n3)cc2)C(=O)C1. The van der Waals surface area contributed by atoms with Gasteiger partial charge in [0.05, 0.1) is 33.8 Å². The molecule has 11 heteroatoms. The largest absolute Gasteiger partial charge is 0.324 e. The predicted molar refractivity (Wildman–Crippen MR) is 141 cm³/mol. The fourth-order valence-corrected chi connectivity index (χ4v) is 4.55. The number of rotatable bonds is 6. The zero-order valence-corrected chi connectivity index (χ0v) is 21.3. The first-order chi connectivity index (χ1) is 17.4. The Morgan fingerprint density at radius 1 is 1.06 bits per heavy atom. The zero-order valence-electron chi connectivity index (χ0n) is 19.8. The minimum absolute atomic E-state index is 0.139. The van der Waals surface area contributed by atoms with E-state index < -0.39 is 0 Å². The van der Waals surface area contributed by atoms with Crippen molar-refractivity contribution in [2.24, 2.45) is 0 Å². The van der Waals surface area contributed by atoms with Crippen molar-refractivity contribution in [3.63, 3.8) is 0 Å². The molecule has 1 fully saturated rings. The maximum Gasteiger partial charge on any atom is 0.228 e. The van der Waals surface area contributed by atoms with Gasteiger partial charge in [0.25, 0.3) is 0 Å². The molecule has 1 N–H and O–H groups in total. The first-order valence-corrected chi connectivity index (χ1v) is 12.2. The van der Waals surface area contributed by atoms with E-state index in [9.17, 15) is 4.79 Å². The Morgan fingerprint density at radius 2 is 1.86 bits per heavy atom. The predicted octanol–water partition coefficient (Wildman–Crippen LogP) is 4.83. The first-order valence-electron chi connectivity index (χ1n) is 11.4. The van der Waals surface area contributed by atoms with E-state index in [4.69, 9.17) is 23.2 Å². The molecular formula is C25H24Cl2N8O. The summed E-state index contributed by atoms with van der Waals surface area (Å²) in [5, 5.41) is 8.47. The van der Waals surface area contributed by atoms with Crippen LogP contribution in [0.25, 0.3) is 16.9 Å². The monoisotopic (exact) mass is 522 g/mol. The smallest absolute Gasteiger partial charge is 0.228 e.